The average molecular weight is 333 g/mol. The number of hydrogen-bond donors (Lipinski definition) is 2. The summed E-state index contributed by atoms with van der Waals surface area (Å²) in [5, 5.41) is 11.5. The van der Waals surface area contributed by atoms with Crippen LogP contribution in [0.5, 0.6) is 0 Å². The lowest BCUT2D eigenvalue weighted by Crippen LogP contribution is -2.17. The maximum absolute atomic E-state index is 4.78. The van der Waals surface area contributed by atoms with Gasteiger partial charge in [0.05, 0.1) is 17.4 Å². The monoisotopic (exact) mass is 333 g/mol. The standard InChI is InChI=1S/C18H19N7/c1-3-10(2)21-18-20-9-12-11(8-14-17(22-14)16(12)23-18)13-4-5-15-19-6-7-25(15)24-13/h4-10,14,17,22H,3H2,1-2H3,(H,20,21,23)/t10-,14-,17?/m0/s1. The molecule has 1 aliphatic heterocycles. The first kappa shape index (κ1) is 14.5. The third kappa shape index (κ3) is 2.39. The highest BCUT2D eigenvalue weighted by atomic mass is 15.2. The fourth-order valence-electron chi connectivity index (χ4n) is 3.23. The van der Waals surface area contributed by atoms with Crippen molar-refractivity contribution in [3.05, 3.63) is 53.8 Å². The van der Waals surface area contributed by atoms with Crippen LogP contribution in [0.2, 0.25) is 0 Å². The van der Waals surface area contributed by atoms with E-state index in [2.05, 4.69) is 45.6 Å². The highest BCUT2D eigenvalue weighted by Crippen LogP contribution is 2.42. The lowest BCUT2D eigenvalue weighted by molar-refractivity contribution is 0.749. The Labute approximate surface area is 145 Å². The van der Waals surface area contributed by atoms with Crippen LogP contribution in [0.25, 0.3) is 11.2 Å². The Morgan fingerprint density at radius 2 is 2.24 bits per heavy atom. The number of aromatic nitrogens is 5. The number of nitrogens with zero attached hydrogens (tertiary/aromatic N) is 5. The highest BCUT2D eigenvalue weighted by Gasteiger charge is 2.43. The molecule has 4 heterocycles. The Hall–Kier alpha value is -2.80. The van der Waals surface area contributed by atoms with Gasteiger partial charge in [0.25, 0.3) is 0 Å². The predicted octanol–water partition coefficient (Wildman–Crippen LogP) is 2.19. The Balaban J connectivity index is 1.57. The van der Waals surface area contributed by atoms with Crippen molar-refractivity contribution >= 4 is 17.2 Å². The van der Waals surface area contributed by atoms with Crippen molar-refractivity contribution in [2.75, 3.05) is 5.32 Å². The van der Waals surface area contributed by atoms with Gasteiger partial charge < -0.3 is 5.32 Å². The first-order valence-corrected chi connectivity index (χ1v) is 8.65. The van der Waals surface area contributed by atoms with E-state index in [0.29, 0.717) is 18.0 Å². The van der Waals surface area contributed by atoms with Crippen LogP contribution >= 0.6 is 0 Å². The molecule has 0 bridgehead atoms. The minimum Gasteiger partial charge on any atom is -0.352 e. The zero-order valence-electron chi connectivity index (χ0n) is 14.1. The fraction of sp³-hybridized carbons (Fsp3) is 0.333. The number of rotatable bonds is 4. The average Bonchev–Trinajstić information content (AvgIpc) is 3.28. The number of nitrogens with one attached hydrogen (secondary N) is 2. The second-order valence-corrected chi connectivity index (χ2v) is 6.65. The molecule has 1 unspecified atom stereocenters. The van der Waals surface area contributed by atoms with Crippen LogP contribution < -0.4 is 10.6 Å². The van der Waals surface area contributed by atoms with E-state index < -0.39 is 0 Å². The molecule has 0 saturated carbocycles. The molecule has 25 heavy (non-hydrogen) atoms. The van der Waals surface area contributed by atoms with Gasteiger partial charge in [-0.1, -0.05) is 13.0 Å². The van der Waals surface area contributed by atoms with E-state index in [9.17, 15) is 0 Å². The number of fused-ring (bicyclic) bond motifs is 4. The van der Waals surface area contributed by atoms with E-state index in [1.807, 2.05) is 24.5 Å². The van der Waals surface area contributed by atoms with Gasteiger partial charge in [0.2, 0.25) is 5.95 Å². The molecule has 1 fully saturated rings. The van der Waals surface area contributed by atoms with Gasteiger partial charge >= 0.3 is 0 Å². The van der Waals surface area contributed by atoms with Crippen molar-refractivity contribution in [3.8, 4) is 0 Å². The molecule has 0 spiro atoms. The van der Waals surface area contributed by atoms with E-state index in [1.165, 1.54) is 0 Å². The Morgan fingerprint density at radius 1 is 1.32 bits per heavy atom. The van der Waals surface area contributed by atoms with E-state index in [0.717, 1.165) is 34.6 Å². The zero-order chi connectivity index (χ0) is 17.0. The first-order chi connectivity index (χ1) is 12.2. The lowest BCUT2D eigenvalue weighted by Gasteiger charge is -2.17. The highest BCUT2D eigenvalue weighted by molar-refractivity contribution is 5.82. The topological polar surface area (TPSA) is 89.9 Å². The molecule has 2 aliphatic rings. The van der Waals surface area contributed by atoms with Crippen LogP contribution in [0.1, 0.15) is 43.3 Å². The van der Waals surface area contributed by atoms with Gasteiger partial charge in [0.15, 0.2) is 5.65 Å². The van der Waals surface area contributed by atoms with Crippen molar-refractivity contribution < 1.29 is 0 Å². The first-order valence-electron chi connectivity index (χ1n) is 8.65. The summed E-state index contributed by atoms with van der Waals surface area (Å²) in [5.41, 5.74) is 4.92. The molecule has 5 rings (SSSR count). The van der Waals surface area contributed by atoms with Crippen LogP contribution in [0, 0.1) is 0 Å². The molecule has 7 heteroatoms. The molecule has 3 aromatic rings. The molecule has 1 aliphatic carbocycles. The van der Waals surface area contributed by atoms with E-state index >= 15 is 0 Å². The summed E-state index contributed by atoms with van der Waals surface area (Å²) in [7, 11) is 0. The normalized spacial score (nSPS) is 22.1. The maximum atomic E-state index is 4.78. The fourth-order valence-corrected chi connectivity index (χ4v) is 3.23. The van der Waals surface area contributed by atoms with Crippen molar-refractivity contribution in [1.82, 2.24) is 29.9 Å². The Kier molecular flexibility index (Phi) is 3.11. The third-order valence-corrected chi connectivity index (χ3v) is 4.89. The molecule has 3 atom stereocenters. The molecular formula is C18H19N7. The summed E-state index contributed by atoms with van der Waals surface area (Å²) in [6, 6.07) is 4.95. The van der Waals surface area contributed by atoms with E-state index in [-0.39, 0.29) is 6.04 Å². The van der Waals surface area contributed by atoms with E-state index in [4.69, 9.17) is 4.98 Å². The molecule has 1 saturated heterocycles. The Morgan fingerprint density at radius 3 is 3.12 bits per heavy atom. The predicted molar refractivity (Wildman–Crippen MR) is 95.1 cm³/mol. The van der Waals surface area contributed by atoms with Crippen molar-refractivity contribution in [2.45, 2.75) is 38.4 Å². The number of hydrogen-bond acceptors (Lipinski definition) is 6. The summed E-state index contributed by atoms with van der Waals surface area (Å²) in [6.45, 7) is 4.28. The SMILES string of the molecule is CC[C@H](C)Nc1ncc2c(n1)C1N[C@H]1C=C2c1ccc2nccn2n1. The lowest BCUT2D eigenvalue weighted by atomic mass is 9.94. The van der Waals surface area contributed by atoms with Crippen LogP contribution in [0.15, 0.2) is 36.8 Å². The van der Waals surface area contributed by atoms with Gasteiger partial charge in [-0.25, -0.2) is 19.5 Å². The molecule has 3 aromatic heterocycles. The zero-order valence-corrected chi connectivity index (χ0v) is 14.1. The van der Waals surface area contributed by atoms with Gasteiger partial charge in [0, 0.05) is 41.8 Å². The van der Waals surface area contributed by atoms with Crippen molar-refractivity contribution in [1.29, 1.82) is 0 Å². The maximum Gasteiger partial charge on any atom is 0.223 e. The molecule has 126 valence electrons. The number of imidazole rings is 1. The van der Waals surface area contributed by atoms with Crippen LogP contribution in [0.3, 0.4) is 0 Å². The van der Waals surface area contributed by atoms with Gasteiger partial charge in [-0.2, -0.15) is 5.10 Å². The van der Waals surface area contributed by atoms with Crippen LogP contribution in [-0.4, -0.2) is 36.6 Å². The van der Waals surface area contributed by atoms with Crippen molar-refractivity contribution in [2.24, 2.45) is 0 Å². The summed E-state index contributed by atoms with van der Waals surface area (Å²) in [6.07, 6.45) is 8.78. The summed E-state index contributed by atoms with van der Waals surface area (Å²) in [5.74, 6) is 0.694. The van der Waals surface area contributed by atoms with Crippen LogP contribution in [0.4, 0.5) is 5.95 Å². The largest absolute Gasteiger partial charge is 0.352 e. The van der Waals surface area contributed by atoms with Gasteiger partial charge in [-0.3, -0.25) is 5.32 Å². The third-order valence-electron chi connectivity index (χ3n) is 4.89. The molecule has 0 radical (unpaired) electrons. The summed E-state index contributed by atoms with van der Waals surface area (Å²) in [4.78, 5) is 13.6. The molecule has 7 nitrogen and oxygen atoms in total. The minimum atomic E-state index is 0.288. The van der Waals surface area contributed by atoms with Gasteiger partial charge in [0.1, 0.15) is 0 Å². The second-order valence-electron chi connectivity index (χ2n) is 6.65. The minimum absolute atomic E-state index is 0.288. The van der Waals surface area contributed by atoms with Gasteiger partial charge in [-0.15, -0.1) is 0 Å². The smallest absolute Gasteiger partial charge is 0.223 e. The number of anilines is 1. The Bertz CT molecular complexity index is 990. The summed E-state index contributed by atoms with van der Waals surface area (Å²) >= 11 is 0. The molecular weight excluding hydrogens is 314 g/mol. The molecule has 0 amide bonds. The van der Waals surface area contributed by atoms with Crippen LogP contribution in [-0.2, 0) is 0 Å². The van der Waals surface area contributed by atoms with Gasteiger partial charge in [-0.05, 0) is 25.5 Å². The summed E-state index contributed by atoms with van der Waals surface area (Å²) < 4.78 is 1.79. The van der Waals surface area contributed by atoms with Crippen molar-refractivity contribution in [3.63, 3.8) is 0 Å². The quantitative estimate of drug-likeness (QED) is 0.711. The molecule has 0 aromatic carbocycles. The second kappa shape index (κ2) is 5.35. The molecule has 2 N–H and O–H groups in total. The van der Waals surface area contributed by atoms with E-state index in [1.54, 1.807) is 10.7 Å².